The van der Waals surface area contributed by atoms with E-state index in [0.717, 1.165) is 32.2 Å². The Morgan fingerprint density at radius 2 is 2.16 bits per heavy atom. The number of likely N-dealkylation sites (tertiary alicyclic amines) is 1. The maximum atomic E-state index is 13.0. The molecule has 3 aliphatic rings. The lowest BCUT2D eigenvalue weighted by Gasteiger charge is -2.37. The first kappa shape index (κ1) is 16.8. The van der Waals surface area contributed by atoms with Crippen molar-refractivity contribution in [3.05, 3.63) is 23.9 Å². The largest absolute Gasteiger partial charge is 0.474 e. The van der Waals surface area contributed by atoms with E-state index in [0.29, 0.717) is 31.1 Å². The summed E-state index contributed by atoms with van der Waals surface area (Å²) in [6.07, 6.45) is 7.37. The molecule has 6 heteroatoms. The van der Waals surface area contributed by atoms with Crippen LogP contribution in [-0.4, -0.2) is 58.9 Å². The summed E-state index contributed by atoms with van der Waals surface area (Å²) in [6.45, 7) is 1.86. The third-order valence-corrected chi connectivity index (χ3v) is 5.74. The highest BCUT2D eigenvalue weighted by atomic mass is 16.5. The van der Waals surface area contributed by atoms with Crippen LogP contribution in [0.2, 0.25) is 0 Å². The van der Waals surface area contributed by atoms with Crippen molar-refractivity contribution in [3.63, 3.8) is 0 Å². The molecular weight excluding hydrogens is 320 g/mol. The lowest BCUT2D eigenvalue weighted by atomic mass is 9.89. The van der Waals surface area contributed by atoms with E-state index >= 15 is 0 Å². The van der Waals surface area contributed by atoms with Crippen LogP contribution in [0.4, 0.5) is 0 Å². The normalized spacial score (nSPS) is 30.1. The van der Waals surface area contributed by atoms with E-state index in [-0.39, 0.29) is 30.1 Å². The Labute approximate surface area is 148 Å². The molecule has 3 unspecified atom stereocenters. The van der Waals surface area contributed by atoms with Crippen LogP contribution >= 0.6 is 0 Å². The molecule has 1 aliphatic carbocycles. The van der Waals surface area contributed by atoms with Gasteiger partial charge in [0.1, 0.15) is 6.10 Å². The highest BCUT2D eigenvalue weighted by Crippen LogP contribution is 2.31. The summed E-state index contributed by atoms with van der Waals surface area (Å²) in [6, 6.07) is 3.55. The molecule has 3 fully saturated rings. The number of nitrogens with zero attached hydrogens (tertiary/aromatic N) is 2. The second kappa shape index (κ2) is 7.30. The van der Waals surface area contributed by atoms with Gasteiger partial charge in [0, 0.05) is 42.9 Å². The molecule has 0 bridgehead atoms. The number of aromatic nitrogens is 1. The third kappa shape index (κ3) is 3.51. The molecule has 4 rings (SSSR count). The fraction of sp³-hybridized carbons (Fsp3) is 0.684. The van der Waals surface area contributed by atoms with Gasteiger partial charge in [-0.15, -0.1) is 0 Å². The van der Waals surface area contributed by atoms with Crippen LogP contribution in [0.3, 0.4) is 0 Å². The summed E-state index contributed by atoms with van der Waals surface area (Å²) in [7, 11) is 0. The summed E-state index contributed by atoms with van der Waals surface area (Å²) in [5, 5.41) is 10.3. The topological polar surface area (TPSA) is 71.9 Å². The van der Waals surface area contributed by atoms with Crippen LogP contribution < -0.4 is 4.74 Å². The maximum Gasteiger partial charge on any atom is 0.254 e. The van der Waals surface area contributed by atoms with Crippen molar-refractivity contribution < 1.29 is 19.4 Å². The van der Waals surface area contributed by atoms with E-state index in [1.807, 2.05) is 4.90 Å². The Kier molecular flexibility index (Phi) is 4.90. The number of aliphatic hydroxyl groups is 1. The van der Waals surface area contributed by atoms with Crippen LogP contribution in [0, 0.1) is 5.92 Å². The highest BCUT2D eigenvalue weighted by molar-refractivity contribution is 5.94. The third-order valence-electron chi connectivity index (χ3n) is 5.74. The summed E-state index contributed by atoms with van der Waals surface area (Å²) in [5.41, 5.74) is 0.613. The van der Waals surface area contributed by atoms with Crippen LogP contribution in [-0.2, 0) is 4.74 Å². The van der Waals surface area contributed by atoms with Crippen molar-refractivity contribution in [1.82, 2.24) is 9.88 Å². The zero-order chi connectivity index (χ0) is 17.2. The van der Waals surface area contributed by atoms with Gasteiger partial charge >= 0.3 is 0 Å². The SMILES string of the molecule is O=C(c1ccnc(OC2CCC2)c1)N1CCCC1C1COCCC1O. The number of pyridine rings is 1. The standard InChI is InChI=1S/C19H26N2O4/c22-17-7-10-24-12-15(17)16-5-2-9-21(16)19(23)13-6-8-20-18(11-13)25-14-3-1-4-14/h6,8,11,14-17,22H,1-5,7,9-10,12H2. The van der Waals surface area contributed by atoms with Gasteiger partial charge in [-0.3, -0.25) is 4.79 Å². The molecule has 2 aliphatic heterocycles. The van der Waals surface area contributed by atoms with Gasteiger partial charge in [0.05, 0.1) is 12.7 Å². The fourth-order valence-corrected chi connectivity index (χ4v) is 4.04. The van der Waals surface area contributed by atoms with E-state index < -0.39 is 0 Å². The lowest BCUT2D eigenvalue weighted by Crippen LogP contribution is -2.48. The Balaban J connectivity index is 1.48. The molecule has 1 N–H and O–H groups in total. The molecule has 1 amide bonds. The second-order valence-electron chi connectivity index (χ2n) is 7.36. The van der Waals surface area contributed by atoms with Crippen LogP contribution in [0.1, 0.15) is 48.9 Å². The number of hydrogen-bond donors (Lipinski definition) is 1. The van der Waals surface area contributed by atoms with Crippen molar-refractivity contribution in [2.45, 2.75) is 56.8 Å². The monoisotopic (exact) mass is 346 g/mol. The highest BCUT2D eigenvalue weighted by Gasteiger charge is 2.39. The first-order chi connectivity index (χ1) is 12.2. The number of rotatable bonds is 4. The Hall–Kier alpha value is -1.66. The molecule has 3 heterocycles. The lowest BCUT2D eigenvalue weighted by molar-refractivity contribution is -0.0589. The summed E-state index contributed by atoms with van der Waals surface area (Å²) in [5.74, 6) is 0.543. The summed E-state index contributed by atoms with van der Waals surface area (Å²) >= 11 is 0. The van der Waals surface area contributed by atoms with Crippen molar-refractivity contribution in [3.8, 4) is 5.88 Å². The zero-order valence-electron chi connectivity index (χ0n) is 14.5. The maximum absolute atomic E-state index is 13.0. The van der Waals surface area contributed by atoms with Gasteiger partial charge < -0.3 is 19.5 Å². The van der Waals surface area contributed by atoms with Gasteiger partial charge in [-0.05, 0) is 44.6 Å². The van der Waals surface area contributed by atoms with E-state index in [2.05, 4.69) is 4.98 Å². The van der Waals surface area contributed by atoms with Crippen molar-refractivity contribution in [2.75, 3.05) is 19.8 Å². The van der Waals surface area contributed by atoms with Crippen LogP contribution in [0.15, 0.2) is 18.3 Å². The molecule has 1 aromatic rings. The minimum atomic E-state index is -0.387. The van der Waals surface area contributed by atoms with E-state index in [9.17, 15) is 9.90 Å². The molecular formula is C19H26N2O4. The van der Waals surface area contributed by atoms with Gasteiger partial charge in [0.25, 0.3) is 5.91 Å². The zero-order valence-corrected chi connectivity index (χ0v) is 14.5. The summed E-state index contributed by atoms with van der Waals surface area (Å²) < 4.78 is 11.4. The number of aliphatic hydroxyl groups excluding tert-OH is 1. The van der Waals surface area contributed by atoms with Gasteiger partial charge in [-0.25, -0.2) is 4.98 Å². The number of carbonyl (C=O) groups is 1. The average Bonchev–Trinajstić information content (AvgIpc) is 3.07. The first-order valence-electron chi connectivity index (χ1n) is 9.42. The van der Waals surface area contributed by atoms with Crippen molar-refractivity contribution in [2.24, 2.45) is 5.92 Å². The molecule has 25 heavy (non-hydrogen) atoms. The predicted octanol–water partition coefficient (Wildman–Crippen LogP) is 2.01. The van der Waals surface area contributed by atoms with Gasteiger partial charge in [-0.1, -0.05) is 0 Å². The van der Waals surface area contributed by atoms with E-state index in [1.54, 1.807) is 18.3 Å². The summed E-state index contributed by atoms with van der Waals surface area (Å²) in [4.78, 5) is 19.2. The molecule has 136 valence electrons. The van der Waals surface area contributed by atoms with Gasteiger partial charge in [0.15, 0.2) is 0 Å². The number of hydrogen-bond acceptors (Lipinski definition) is 5. The Morgan fingerprint density at radius 3 is 2.92 bits per heavy atom. The number of amides is 1. The molecule has 2 saturated heterocycles. The molecule has 6 nitrogen and oxygen atoms in total. The quantitative estimate of drug-likeness (QED) is 0.903. The van der Waals surface area contributed by atoms with Crippen molar-refractivity contribution in [1.29, 1.82) is 0 Å². The minimum absolute atomic E-state index is 0.00105. The van der Waals surface area contributed by atoms with E-state index in [1.165, 1.54) is 6.42 Å². The number of carbonyl (C=O) groups excluding carboxylic acids is 1. The predicted molar refractivity (Wildman–Crippen MR) is 91.5 cm³/mol. The minimum Gasteiger partial charge on any atom is -0.474 e. The Bertz CT molecular complexity index is 619. The van der Waals surface area contributed by atoms with Crippen LogP contribution in [0.25, 0.3) is 0 Å². The molecule has 0 spiro atoms. The molecule has 0 aromatic carbocycles. The second-order valence-corrected chi connectivity index (χ2v) is 7.36. The van der Waals surface area contributed by atoms with Crippen molar-refractivity contribution >= 4 is 5.91 Å². The molecule has 0 radical (unpaired) electrons. The molecule has 1 aromatic heterocycles. The number of ether oxygens (including phenoxy) is 2. The Morgan fingerprint density at radius 1 is 1.28 bits per heavy atom. The molecule has 3 atom stereocenters. The molecule has 1 saturated carbocycles. The van der Waals surface area contributed by atoms with Crippen LogP contribution in [0.5, 0.6) is 5.88 Å². The smallest absolute Gasteiger partial charge is 0.254 e. The van der Waals surface area contributed by atoms with Gasteiger partial charge in [-0.2, -0.15) is 0 Å². The average molecular weight is 346 g/mol. The van der Waals surface area contributed by atoms with Gasteiger partial charge in [0.2, 0.25) is 5.88 Å². The fourth-order valence-electron chi connectivity index (χ4n) is 4.04. The van der Waals surface area contributed by atoms with E-state index in [4.69, 9.17) is 9.47 Å². The first-order valence-corrected chi connectivity index (χ1v) is 9.42.